The zero-order chi connectivity index (χ0) is 23.7. The van der Waals surface area contributed by atoms with Gasteiger partial charge in [0.2, 0.25) is 0 Å². The van der Waals surface area contributed by atoms with E-state index in [-0.39, 0.29) is 30.0 Å². The molecule has 168 valence electrons. The Morgan fingerprint density at radius 3 is 2.42 bits per heavy atom. The number of carbonyl (C=O) groups excluding carboxylic acids is 1. The van der Waals surface area contributed by atoms with Gasteiger partial charge in [0.25, 0.3) is 5.56 Å². The molecule has 0 radical (unpaired) electrons. The van der Waals surface area contributed by atoms with Crippen LogP contribution in [0.2, 0.25) is 0 Å². The van der Waals surface area contributed by atoms with Crippen molar-refractivity contribution in [3.63, 3.8) is 0 Å². The van der Waals surface area contributed by atoms with Crippen molar-refractivity contribution in [3.05, 3.63) is 92.2 Å². The van der Waals surface area contributed by atoms with Gasteiger partial charge in [-0.1, -0.05) is 29.8 Å². The van der Waals surface area contributed by atoms with Gasteiger partial charge < -0.3 is 14.9 Å². The number of carboxylic acids is 1. The third kappa shape index (κ3) is 4.06. The van der Waals surface area contributed by atoms with Crippen LogP contribution < -0.4 is 5.56 Å². The predicted octanol–water partition coefficient (Wildman–Crippen LogP) is 4.06. The van der Waals surface area contributed by atoms with E-state index in [0.717, 1.165) is 5.56 Å². The van der Waals surface area contributed by atoms with Gasteiger partial charge in [-0.25, -0.2) is 9.59 Å². The summed E-state index contributed by atoms with van der Waals surface area (Å²) < 4.78 is 6.43. The first-order valence-electron chi connectivity index (χ1n) is 10.1. The highest BCUT2D eigenvalue weighted by Crippen LogP contribution is 2.37. The molecule has 2 aromatic heterocycles. The lowest BCUT2D eigenvalue weighted by Crippen LogP contribution is -2.28. The lowest BCUT2D eigenvalue weighted by Gasteiger charge is -2.19. The molecule has 0 unspecified atom stereocenters. The summed E-state index contributed by atoms with van der Waals surface area (Å²) in [5, 5.41) is 21.9. The number of carbonyl (C=O) groups is 2. The Labute approximate surface area is 193 Å². The smallest absolute Gasteiger partial charge is 0.355 e. The normalized spacial score (nSPS) is 11.0. The van der Waals surface area contributed by atoms with Gasteiger partial charge in [-0.2, -0.15) is 0 Å². The first-order chi connectivity index (χ1) is 15.8. The lowest BCUT2D eigenvalue weighted by atomic mass is 9.98. The number of methoxy groups -OCH3 is 1. The Balaban J connectivity index is 2.06. The van der Waals surface area contributed by atoms with Gasteiger partial charge in [0.05, 0.1) is 25.8 Å². The molecule has 8 heteroatoms. The van der Waals surface area contributed by atoms with E-state index in [1.807, 2.05) is 24.4 Å². The number of aromatic nitrogens is 1. The zero-order valence-electron chi connectivity index (χ0n) is 18.0. The van der Waals surface area contributed by atoms with Gasteiger partial charge in [0.15, 0.2) is 0 Å². The van der Waals surface area contributed by atoms with Crippen molar-refractivity contribution in [2.75, 3.05) is 7.11 Å². The number of benzene rings is 2. The second-order valence-corrected chi connectivity index (χ2v) is 8.51. The van der Waals surface area contributed by atoms with Crippen LogP contribution in [0.5, 0.6) is 0 Å². The summed E-state index contributed by atoms with van der Waals surface area (Å²) in [6.07, 6.45) is 0. The Bertz CT molecular complexity index is 1430. The third-order valence-electron chi connectivity index (χ3n) is 5.49. The molecule has 0 fully saturated rings. The summed E-state index contributed by atoms with van der Waals surface area (Å²) in [6.45, 7) is 1.72. The molecule has 0 aliphatic rings. The number of hydrogen-bond acceptors (Lipinski definition) is 6. The van der Waals surface area contributed by atoms with Crippen molar-refractivity contribution in [1.29, 1.82) is 0 Å². The number of aromatic carboxylic acids is 1. The number of nitrogens with zero attached hydrogens (tertiary/aromatic N) is 1. The van der Waals surface area contributed by atoms with E-state index in [4.69, 9.17) is 9.84 Å². The number of esters is 1. The van der Waals surface area contributed by atoms with Crippen LogP contribution >= 0.6 is 11.3 Å². The molecule has 0 aliphatic carbocycles. The van der Waals surface area contributed by atoms with Crippen LogP contribution in [0.25, 0.3) is 21.2 Å². The quantitative estimate of drug-likeness (QED) is 0.418. The maximum atomic E-state index is 13.6. The molecule has 7 nitrogen and oxygen atoms in total. The Morgan fingerprint density at radius 1 is 1.06 bits per heavy atom. The van der Waals surface area contributed by atoms with E-state index >= 15 is 0 Å². The highest BCUT2D eigenvalue weighted by atomic mass is 32.1. The van der Waals surface area contributed by atoms with E-state index in [1.54, 1.807) is 24.3 Å². The number of aliphatic hydroxyl groups is 1. The minimum Gasteiger partial charge on any atom is -0.478 e. The monoisotopic (exact) mass is 463 g/mol. The fourth-order valence-electron chi connectivity index (χ4n) is 3.87. The van der Waals surface area contributed by atoms with Crippen molar-refractivity contribution in [3.8, 4) is 10.4 Å². The number of pyridine rings is 1. The molecule has 0 aliphatic heterocycles. The second-order valence-electron chi connectivity index (χ2n) is 7.59. The molecule has 0 bridgehead atoms. The van der Waals surface area contributed by atoms with E-state index in [0.29, 0.717) is 32.3 Å². The highest BCUT2D eigenvalue weighted by Gasteiger charge is 2.26. The van der Waals surface area contributed by atoms with Crippen molar-refractivity contribution in [2.45, 2.75) is 20.1 Å². The van der Waals surface area contributed by atoms with Crippen LogP contribution in [-0.4, -0.2) is 33.8 Å². The molecular formula is C25H21NO6S. The molecule has 2 N–H and O–H groups in total. The van der Waals surface area contributed by atoms with Crippen molar-refractivity contribution >= 4 is 34.0 Å². The maximum absolute atomic E-state index is 13.6. The maximum Gasteiger partial charge on any atom is 0.355 e. The van der Waals surface area contributed by atoms with Crippen LogP contribution in [0, 0.1) is 6.92 Å². The van der Waals surface area contributed by atoms with Crippen LogP contribution in [-0.2, 0) is 17.9 Å². The Hall–Kier alpha value is -3.75. The fourth-order valence-corrected chi connectivity index (χ4v) is 4.84. The molecule has 33 heavy (non-hydrogen) atoms. The first kappa shape index (κ1) is 22.4. The lowest BCUT2D eigenvalue weighted by molar-refractivity contribution is 0.0588. The van der Waals surface area contributed by atoms with Gasteiger partial charge >= 0.3 is 11.9 Å². The number of hydrogen-bond donors (Lipinski definition) is 2. The SMILES string of the molecule is COC(=O)c1c(-c2sccc2CO)c2cc(C)ccc2c(=O)n1Cc1ccc(C(=O)O)cc1. The summed E-state index contributed by atoms with van der Waals surface area (Å²) in [6, 6.07) is 13.3. The van der Waals surface area contributed by atoms with Gasteiger partial charge in [-0.05, 0) is 53.1 Å². The van der Waals surface area contributed by atoms with Crippen molar-refractivity contribution < 1.29 is 24.5 Å². The number of aryl methyl sites for hydroxylation is 1. The van der Waals surface area contributed by atoms with Gasteiger partial charge in [-0.15, -0.1) is 11.3 Å². The molecule has 0 amide bonds. The van der Waals surface area contributed by atoms with E-state index < -0.39 is 11.9 Å². The van der Waals surface area contributed by atoms with Crippen LogP contribution in [0.15, 0.2) is 58.7 Å². The number of carboxylic acid groups (broad SMARTS) is 1. The third-order valence-corrected chi connectivity index (χ3v) is 6.47. The summed E-state index contributed by atoms with van der Waals surface area (Å²) in [4.78, 5) is 38.5. The number of rotatable bonds is 6. The summed E-state index contributed by atoms with van der Waals surface area (Å²) in [5.41, 5.74) is 2.59. The Morgan fingerprint density at radius 2 is 1.79 bits per heavy atom. The predicted molar refractivity (Wildman–Crippen MR) is 126 cm³/mol. The van der Waals surface area contributed by atoms with E-state index in [1.165, 1.54) is 35.1 Å². The zero-order valence-corrected chi connectivity index (χ0v) is 18.8. The molecular weight excluding hydrogens is 442 g/mol. The average molecular weight is 464 g/mol. The number of aliphatic hydroxyl groups excluding tert-OH is 1. The average Bonchev–Trinajstić information content (AvgIpc) is 3.28. The highest BCUT2D eigenvalue weighted by molar-refractivity contribution is 7.14. The minimum absolute atomic E-state index is 0.0415. The standard InChI is InChI=1S/C25H21NO6S/c1-14-3-8-18-19(11-14)20(22-17(13-27)9-10-33-22)21(25(31)32-2)26(23(18)28)12-15-4-6-16(7-5-15)24(29)30/h3-11,27H,12-13H2,1-2H3,(H,29,30). The second kappa shape index (κ2) is 9.01. The Kier molecular flexibility index (Phi) is 6.13. The first-order valence-corrected chi connectivity index (χ1v) is 11.0. The van der Waals surface area contributed by atoms with Crippen molar-refractivity contribution in [2.24, 2.45) is 0 Å². The molecule has 2 heterocycles. The molecule has 4 aromatic rings. The summed E-state index contributed by atoms with van der Waals surface area (Å²) in [5.74, 6) is -1.73. The largest absolute Gasteiger partial charge is 0.478 e. The van der Waals surface area contributed by atoms with Gasteiger partial charge in [0, 0.05) is 15.8 Å². The number of fused-ring (bicyclic) bond motifs is 1. The molecule has 2 aromatic carbocycles. The number of thiophene rings is 1. The topological polar surface area (TPSA) is 106 Å². The molecule has 0 atom stereocenters. The van der Waals surface area contributed by atoms with Crippen LogP contribution in [0.3, 0.4) is 0 Å². The molecule has 0 saturated heterocycles. The van der Waals surface area contributed by atoms with Crippen molar-refractivity contribution in [1.82, 2.24) is 4.57 Å². The molecule has 0 spiro atoms. The van der Waals surface area contributed by atoms with E-state index in [9.17, 15) is 19.5 Å². The minimum atomic E-state index is -1.05. The summed E-state index contributed by atoms with van der Waals surface area (Å²) >= 11 is 1.37. The van der Waals surface area contributed by atoms with Gasteiger partial charge in [-0.3, -0.25) is 9.36 Å². The van der Waals surface area contributed by atoms with E-state index in [2.05, 4.69) is 0 Å². The molecule has 0 saturated carbocycles. The molecule has 4 rings (SSSR count). The fraction of sp³-hybridized carbons (Fsp3) is 0.160. The van der Waals surface area contributed by atoms with Gasteiger partial charge in [0.1, 0.15) is 5.69 Å². The van der Waals surface area contributed by atoms with Crippen LogP contribution in [0.1, 0.15) is 37.5 Å². The summed E-state index contributed by atoms with van der Waals surface area (Å²) in [7, 11) is 1.25. The number of ether oxygens (including phenoxy) is 1. The van der Waals surface area contributed by atoms with Crippen LogP contribution in [0.4, 0.5) is 0 Å².